The topological polar surface area (TPSA) is 88.2 Å². The summed E-state index contributed by atoms with van der Waals surface area (Å²) in [5.41, 5.74) is 2.65. The lowest BCUT2D eigenvalue weighted by atomic mass is 10.1. The molecule has 0 spiro atoms. The Hall–Kier alpha value is -3.19. The third-order valence-electron chi connectivity index (χ3n) is 3.88. The molecule has 0 aliphatic rings. The summed E-state index contributed by atoms with van der Waals surface area (Å²) in [7, 11) is -3.66. The van der Waals surface area contributed by atoms with Gasteiger partial charge in [-0.25, -0.2) is 13.4 Å². The minimum atomic E-state index is -3.66. The van der Waals surface area contributed by atoms with Gasteiger partial charge in [0.15, 0.2) is 5.78 Å². The number of sulfonamides is 1. The molecule has 0 fully saturated rings. The Morgan fingerprint density at radius 1 is 0.963 bits per heavy atom. The molecule has 138 valence electrons. The third-order valence-corrected chi connectivity index (χ3v) is 5.26. The summed E-state index contributed by atoms with van der Waals surface area (Å²) in [5, 5.41) is 3.10. The van der Waals surface area contributed by atoms with Crippen molar-refractivity contribution in [3.8, 4) is 0 Å². The number of ketones is 1. The second-order valence-corrected chi connectivity index (χ2v) is 7.80. The first-order valence-electron chi connectivity index (χ1n) is 8.27. The summed E-state index contributed by atoms with van der Waals surface area (Å²) >= 11 is 0. The molecule has 0 amide bonds. The number of rotatable bonds is 6. The zero-order valence-electron chi connectivity index (χ0n) is 14.9. The first-order chi connectivity index (χ1) is 12.8. The van der Waals surface area contributed by atoms with E-state index in [4.69, 9.17) is 0 Å². The summed E-state index contributed by atoms with van der Waals surface area (Å²) in [5.74, 6) is 0.564. The van der Waals surface area contributed by atoms with Crippen molar-refractivity contribution in [1.82, 2.24) is 4.98 Å². The highest BCUT2D eigenvalue weighted by molar-refractivity contribution is 7.92. The van der Waals surface area contributed by atoms with Crippen molar-refractivity contribution in [2.75, 3.05) is 10.0 Å². The van der Waals surface area contributed by atoms with E-state index in [2.05, 4.69) is 15.0 Å². The molecule has 0 bridgehead atoms. The van der Waals surface area contributed by atoms with Crippen molar-refractivity contribution < 1.29 is 13.2 Å². The highest BCUT2D eigenvalue weighted by Gasteiger charge is 2.14. The van der Waals surface area contributed by atoms with Crippen molar-refractivity contribution >= 4 is 33.0 Å². The van der Waals surface area contributed by atoms with Gasteiger partial charge in [-0.15, -0.1) is 0 Å². The third kappa shape index (κ3) is 4.71. The van der Waals surface area contributed by atoms with Crippen LogP contribution in [-0.4, -0.2) is 19.2 Å². The number of benzene rings is 2. The number of nitrogens with zero attached hydrogens (tertiary/aromatic N) is 1. The lowest BCUT2D eigenvalue weighted by molar-refractivity contribution is 0.101. The van der Waals surface area contributed by atoms with Crippen LogP contribution in [0.1, 0.15) is 22.8 Å². The van der Waals surface area contributed by atoms with Crippen LogP contribution in [0.3, 0.4) is 0 Å². The number of pyridine rings is 1. The molecule has 3 aromatic rings. The molecule has 0 unspecified atom stereocenters. The molecule has 2 aromatic carbocycles. The summed E-state index contributed by atoms with van der Waals surface area (Å²) < 4.78 is 27.4. The van der Waals surface area contributed by atoms with Gasteiger partial charge in [0.2, 0.25) is 0 Å². The Morgan fingerprint density at radius 3 is 2.26 bits per heavy atom. The van der Waals surface area contributed by atoms with Crippen LogP contribution < -0.4 is 10.0 Å². The smallest absolute Gasteiger partial charge is 0.261 e. The van der Waals surface area contributed by atoms with Crippen LogP contribution in [0.4, 0.5) is 17.2 Å². The molecular formula is C20H19N3O3S. The largest absolute Gasteiger partial charge is 0.340 e. The summed E-state index contributed by atoms with van der Waals surface area (Å²) in [4.78, 5) is 15.7. The highest BCUT2D eigenvalue weighted by atomic mass is 32.2. The van der Waals surface area contributed by atoms with Crippen LogP contribution in [0.5, 0.6) is 0 Å². The molecule has 1 aromatic heterocycles. The van der Waals surface area contributed by atoms with E-state index >= 15 is 0 Å². The van der Waals surface area contributed by atoms with E-state index in [1.54, 1.807) is 54.6 Å². The second kappa shape index (κ2) is 7.59. The fourth-order valence-electron chi connectivity index (χ4n) is 2.46. The number of anilines is 3. The van der Waals surface area contributed by atoms with E-state index in [0.717, 1.165) is 11.3 Å². The van der Waals surface area contributed by atoms with Crippen LogP contribution in [0.2, 0.25) is 0 Å². The quantitative estimate of drug-likeness (QED) is 0.627. The van der Waals surface area contributed by atoms with E-state index in [-0.39, 0.29) is 10.7 Å². The van der Waals surface area contributed by atoms with Crippen molar-refractivity contribution in [1.29, 1.82) is 0 Å². The maximum Gasteiger partial charge on any atom is 0.261 e. The van der Waals surface area contributed by atoms with Crippen LogP contribution in [0, 0.1) is 6.92 Å². The molecule has 0 aliphatic heterocycles. The van der Waals surface area contributed by atoms with Gasteiger partial charge in [-0.1, -0.05) is 12.1 Å². The molecule has 2 N–H and O–H groups in total. The van der Waals surface area contributed by atoms with Crippen LogP contribution in [0.15, 0.2) is 71.8 Å². The zero-order valence-corrected chi connectivity index (χ0v) is 15.7. The molecule has 0 atom stereocenters. The maximum atomic E-state index is 12.4. The zero-order chi connectivity index (χ0) is 19.4. The molecule has 3 rings (SSSR count). The fraction of sp³-hybridized carbons (Fsp3) is 0.100. The average Bonchev–Trinajstić information content (AvgIpc) is 2.63. The van der Waals surface area contributed by atoms with Gasteiger partial charge < -0.3 is 5.32 Å². The van der Waals surface area contributed by atoms with E-state index in [0.29, 0.717) is 17.1 Å². The maximum absolute atomic E-state index is 12.4. The van der Waals surface area contributed by atoms with E-state index in [1.807, 2.05) is 13.0 Å². The van der Waals surface area contributed by atoms with Gasteiger partial charge in [-0.2, -0.15) is 0 Å². The number of hydrogen-bond acceptors (Lipinski definition) is 5. The van der Waals surface area contributed by atoms with Crippen molar-refractivity contribution in [3.05, 3.63) is 78.0 Å². The number of aromatic nitrogens is 1. The average molecular weight is 381 g/mol. The van der Waals surface area contributed by atoms with Crippen molar-refractivity contribution in [2.24, 2.45) is 0 Å². The SMILES string of the molecule is CC(=O)c1ccc(Nc2ccc(NS(=O)(=O)c3cccc(C)c3)cn2)cc1. The number of carbonyl (C=O) groups is 1. The summed E-state index contributed by atoms with van der Waals surface area (Å²) in [6, 6.07) is 17.0. The monoisotopic (exact) mass is 381 g/mol. The molecule has 1 heterocycles. The van der Waals surface area contributed by atoms with E-state index < -0.39 is 10.0 Å². The van der Waals surface area contributed by atoms with Gasteiger partial charge in [0.1, 0.15) is 5.82 Å². The van der Waals surface area contributed by atoms with Gasteiger partial charge in [0.05, 0.1) is 16.8 Å². The summed E-state index contributed by atoms with van der Waals surface area (Å²) in [6.45, 7) is 3.35. The lowest BCUT2D eigenvalue weighted by Gasteiger charge is -2.10. The summed E-state index contributed by atoms with van der Waals surface area (Å²) in [6.07, 6.45) is 1.44. The van der Waals surface area contributed by atoms with Gasteiger partial charge >= 0.3 is 0 Å². The van der Waals surface area contributed by atoms with Gasteiger partial charge in [-0.05, 0) is 67.9 Å². The number of Topliss-reactive ketones (excluding diaryl/α,β-unsaturated/α-hetero) is 1. The number of aryl methyl sites for hydroxylation is 1. The molecule has 0 saturated carbocycles. The predicted molar refractivity (Wildman–Crippen MR) is 106 cm³/mol. The second-order valence-electron chi connectivity index (χ2n) is 6.11. The standard InChI is InChI=1S/C20H19N3O3S/c1-14-4-3-5-19(12-14)27(25,26)23-18-10-11-20(21-13-18)22-17-8-6-16(7-9-17)15(2)24/h3-13,23H,1-2H3,(H,21,22). The van der Waals surface area contributed by atoms with Crippen LogP contribution >= 0.6 is 0 Å². The highest BCUT2D eigenvalue weighted by Crippen LogP contribution is 2.20. The van der Waals surface area contributed by atoms with Crippen LogP contribution in [-0.2, 0) is 10.0 Å². The Morgan fingerprint density at radius 2 is 1.67 bits per heavy atom. The molecule has 0 aliphatic carbocycles. The molecule has 0 radical (unpaired) electrons. The molecule has 7 heteroatoms. The van der Waals surface area contributed by atoms with Crippen molar-refractivity contribution in [2.45, 2.75) is 18.7 Å². The minimum Gasteiger partial charge on any atom is -0.340 e. The molecule has 27 heavy (non-hydrogen) atoms. The predicted octanol–water partition coefficient (Wildman–Crippen LogP) is 4.14. The Kier molecular flexibility index (Phi) is 5.23. The van der Waals surface area contributed by atoms with E-state index in [1.165, 1.54) is 13.1 Å². The minimum absolute atomic E-state index is 0.00456. The van der Waals surface area contributed by atoms with Gasteiger partial charge in [0, 0.05) is 11.3 Å². The first kappa shape index (κ1) is 18.6. The van der Waals surface area contributed by atoms with Crippen molar-refractivity contribution in [3.63, 3.8) is 0 Å². The first-order valence-corrected chi connectivity index (χ1v) is 9.75. The fourth-order valence-corrected chi connectivity index (χ4v) is 3.61. The molecular weight excluding hydrogens is 362 g/mol. The Bertz CT molecular complexity index is 1060. The van der Waals surface area contributed by atoms with Gasteiger partial charge in [0.25, 0.3) is 10.0 Å². The number of hydrogen-bond donors (Lipinski definition) is 2. The number of carbonyl (C=O) groups excluding carboxylic acids is 1. The molecule has 0 saturated heterocycles. The normalized spacial score (nSPS) is 11.0. The van der Waals surface area contributed by atoms with Gasteiger partial charge in [-0.3, -0.25) is 9.52 Å². The van der Waals surface area contributed by atoms with E-state index in [9.17, 15) is 13.2 Å². The lowest BCUT2D eigenvalue weighted by Crippen LogP contribution is -2.13. The van der Waals surface area contributed by atoms with Crippen LogP contribution in [0.25, 0.3) is 0 Å². The Balaban J connectivity index is 1.70. The molecule has 6 nitrogen and oxygen atoms in total. The Labute approximate surface area is 158 Å². The number of nitrogens with one attached hydrogen (secondary N) is 2.